The molecule has 1 amide bonds. The molecule has 0 heterocycles. The van der Waals surface area contributed by atoms with Crippen LogP contribution in [0.5, 0.6) is 5.75 Å². The molecular formula is C22H27NO4. The summed E-state index contributed by atoms with van der Waals surface area (Å²) in [7, 11) is 1.31. The van der Waals surface area contributed by atoms with Crippen LogP contribution < -0.4 is 10.1 Å². The topological polar surface area (TPSA) is 64.6 Å². The zero-order valence-electron chi connectivity index (χ0n) is 16.5. The molecule has 5 nitrogen and oxygen atoms in total. The predicted octanol–water partition coefficient (Wildman–Crippen LogP) is 4.57. The Balaban J connectivity index is 2.12. The second-order valence-corrected chi connectivity index (χ2v) is 7.32. The fourth-order valence-corrected chi connectivity index (χ4v) is 2.61. The van der Waals surface area contributed by atoms with Crippen molar-refractivity contribution in [2.75, 3.05) is 12.4 Å². The van der Waals surface area contributed by atoms with E-state index in [2.05, 4.69) is 26.1 Å². The molecule has 0 spiro atoms. The molecule has 0 aromatic heterocycles. The first kappa shape index (κ1) is 20.5. The van der Waals surface area contributed by atoms with E-state index in [-0.39, 0.29) is 11.3 Å². The van der Waals surface area contributed by atoms with Crippen LogP contribution in [0, 0.1) is 0 Å². The number of nitrogens with one attached hydrogen (secondary N) is 1. The zero-order chi connectivity index (χ0) is 20.0. The van der Waals surface area contributed by atoms with Crippen molar-refractivity contribution in [3.8, 4) is 5.75 Å². The molecule has 0 saturated heterocycles. The fraction of sp³-hybridized carbons (Fsp3) is 0.364. The summed E-state index contributed by atoms with van der Waals surface area (Å²) in [4.78, 5) is 24.5. The molecule has 5 heteroatoms. The Labute approximate surface area is 160 Å². The summed E-state index contributed by atoms with van der Waals surface area (Å²) in [6.45, 7) is 8.30. The van der Waals surface area contributed by atoms with E-state index < -0.39 is 12.1 Å². The molecule has 0 aliphatic rings. The molecule has 0 unspecified atom stereocenters. The number of methoxy groups -OCH3 is 1. The molecule has 0 bridgehead atoms. The van der Waals surface area contributed by atoms with Gasteiger partial charge in [-0.2, -0.15) is 0 Å². The van der Waals surface area contributed by atoms with Crippen LogP contribution in [0.4, 0.5) is 5.69 Å². The van der Waals surface area contributed by atoms with E-state index in [1.807, 2.05) is 31.2 Å². The van der Waals surface area contributed by atoms with Crippen molar-refractivity contribution in [1.29, 1.82) is 0 Å². The number of carbonyl (C=O) groups excluding carboxylic acids is 2. The van der Waals surface area contributed by atoms with Crippen molar-refractivity contribution >= 4 is 17.6 Å². The first-order valence-electron chi connectivity index (χ1n) is 9.01. The number of hydrogen-bond acceptors (Lipinski definition) is 4. The van der Waals surface area contributed by atoms with Gasteiger partial charge < -0.3 is 14.8 Å². The molecule has 144 valence electrons. The zero-order valence-corrected chi connectivity index (χ0v) is 16.5. The van der Waals surface area contributed by atoms with Gasteiger partial charge in [-0.3, -0.25) is 4.79 Å². The number of anilines is 1. The van der Waals surface area contributed by atoms with E-state index in [0.717, 1.165) is 0 Å². The Kier molecular flexibility index (Phi) is 6.61. The van der Waals surface area contributed by atoms with Crippen LogP contribution in [-0.2, 0) is 14.9 Å². The number of rotatable bonds is 6. The maximum absolute atomic E-state index is 12.6. The lowest BCUT2D eigenvalue weighted by molar-refractivity contribution is -0.122. The Hall–Kier alpha value is -2.82. The number of hydrogen-bond donors (Lipinski definition) is 1. The van der Waals surface area contributed by atoms with Crippen molar-refractivity contribution in [1.82, 2.24) is 0 Å². The fourth-order valence-electron chi connectivity index (χ4n) is 2.61. The van der Waals surface area contributed by atoms with E-state index in [4.69, 9.17) is 9.47 Å². The van der Waals surface area contributed by atoms with Gasteiger partial charge in [-0.1, -0.05) is 52.0 Å². The number of amides is 1. The third-order valence-corrected chi connectivity index (χ3v) is 4.25. The van der Waals surface area contributed by atoms with Gasteiger partial charge in [0.1, 0.15) is 5.75 Å². The van der Waals surface area contributed by atoms with Gasteiger partial charge in [0.2, 0.25) is 0 Å². The molecule has 1 atom stereocenters. The first-order valence-corrected chi connectivity index (χ1v) is 9.01. The van der Waals surface area contributed by atoms with Crippen LogP contribution in [0.1, 0.15) is 50.0 Å². The van der Waals surface area contributed by atoms with E-state index in [1.165, 1.54) is 12.7 Å². The highest BCUT2D eigenvalue weighted by atomic mass is 16.5. The van der Waals surface area contributed by atoms with Crippen molar-refractivity contribution in [2.24, 2.45) is 0 Å². The van der Waals surface area contributed by atoms with Gasteiger partial charge in [0.15, 0.2) is 6.10 Å². The van der Waals surface area contributed by atoms with E-state index >= 15 is 0 Å². The Morgan fingerprint density at radius 3 is 2.22 bits per heavy atom. The van der Waals surface area contributed by atoms with Crippen LogP contribution >= 0.6 is 0 Å². The largest absolute Gasteiger partial charge is 0.481 e. The van der Waals surface area contributed by atoms with E-state index in [1.54, 1.807) is 24.3 Å². The lowest BCUT2D eigenvalue weighted by atomic mass is 9.87. The number of benzene rings is 2. The van der Waals surface area contributed by atoms with Gasteiger partial charge >= 0.3 is 5.97 Å². The van der Waals surface area contributed by atoms with Crippen LogP contribution in [0.15, 0.2) is 48.5 Å². The van der Waals surface area contributed by atoms with E-state index in [0.29, 0.717) is 23.4 Å². The Bertz CT molecular complexity index is 791. The summed E-state index contributed by atoms with van der Waals surface area (Å²) < 4.78 is 10.6. The second-order valence-electron chi connectivity index (χ2n) is 7.32. The summed E-state index contributed by atoms with van der Waals surface area (Å²) in [6.07, 6.45) is -0.177. The molecule has 1 N–H and O–H groups in total. The van der Waals surface area contributed by atoms with Crippen LogP contribution in [0.3, 0.4) is 0 Å². The van der Waals surface area contributed by atoms with Gasteiger partial charge in [0.25, 0.3) is 5.91 Å². The molecule has 0 saturated carbocycles. The summed E-state index contributed by atoms with van der Waals surface area (Å²) in [5.74, 6) is -0.183. The summed E-state index contributed by atoms with van der Waals surface area (Å²) in [5, 5.41) is 2.77. The van der Waals surface area contributed by atoms with Crippen LogP contribution in [-0.4, -0.2) is 25.1 Å². The van der Waals surface area contributed by atoms with Crippen molar-refractivity contribution < 1.29 is 19.1 Å². The Morgan fingerprint density at radius 2 is 1.67 bits per heavy atom. The van der Waals surface area contributed by atoms with Crippen molar-refractivity contribution in [3.05, 3.63) is 59.7 Å². The average Bonchev–Trinajstić information content (AvgIpc) is 2.65. The highest BCUT2D eigenvalue weighted by Crippen LogP contribution is 2.25. The number of ether oxygens (including phenoxy) is 2. The summed E-state index contributed by atoms with van der Waals surface area (Å²) in [5.41, 5.74) is 1.95. The molecule has 0 fully saturated rings. The molecule has 0 radical (unpaired) electrons. The summed E-state index contributed by atoms with van der Waals surface area (Å²) >= 11 is 0. The second kappa shape index (κ2) is 8.71. The standard InChI is InChI=1S/C22H27NO4/c1-6-19(27-16-13-11-15(12-14-16)22(2,3)4)20(24)23-18-10-8-7-9-17(18)21(25)26-5/h7-14,19H,6H2,1-5H3,(H,23,24)/t19-/m1/s1. The van der Waals surface area contributed by atoms with Crippen molar-refractivity contribution in [3.63, 3.8) is 0 Å². The third-order valence-electron chi connectivity index (χ3n) is 4.25. The Morgan fingerprint density at radius 1 is 1.04 bits per heavy atom. The minimum absolute atomic E-state index is 0.0532. The van der Waals surface area contributed by atoms with Crippen molar-refractivity contribution in [2.45, 2.75) is 45.6 Å². The average molecular weight is 369 g/mol. The molecule has 2 rings (SSSR count). The van der Waals surface area contributed by atoms with Gasteiger partial charge in [0, 0.05) is 0 Å². The van der Waals surface area contributed by atoms with Gasteiger partial charge in [-0.05, 0) is 41.7 Å². The maximum atomic E-state index is 12.6. The lowest BCUT2D eigenvalue weighted by Crippen LogP contribution is -2.33. The predicted molar refractivity (Wildman–Crippen MR) is 106 cm³/mol. The minimum Gasteiger partial charge on any atom is -0.481 e. The van der Waals surface area contributed by atoms with Gasteiger partial charge in [-0.15, -0.1) is 0 Å². The van der Waals surface area contributed by atoms with E-state index in [9.17, 15) is 9.59 Å². The molecular weight excluding hydrogens is 342 g/mol. The molecule has 2 aromatic rings. The maximum Gasteiger partial charge on any atom is 0.339 e. The highest BCUT2D eigenvalue weighted by Gasteiger charge is 2.21. The minimum atomic E-state index is -0.670. The van der Waals surface area contributed by atoms with Gasteiger partial charge in [0.05, 0.1) is 18.4 Å². The number of para-hydroxylation sites is 1. The quantitative estimate of drug-likeness (QED) is 0.758. The highest BCUT2D eigenvalue weighted by molar-refractivity contribution is 6.02. The van der Waals surface area contributed by atoms with Crippen LogP contribution in [0.2, 0.25) is 0 Å². The molecule has 27 heavy (non-hydrogen) atoms. The normalized spacial score (nSPS) is 12.2. The SMILES string of the molecule is CC[C@@H](Oc1ccc(C(C)(C)C)cc1)C(=O)Nc1ccccc1C(=O)OC. The summed E-state index contributed by atoms with van der Waals surface area (Å²) in [6, 6.07) is 14.5. The third kappa shape index (κ3) is 5.33. The van der Waals surface area contributed by atoms with Crippen LogP contribution in [0.25, 0.3) is 0 Å². The smallest absolute Gasteiger partial charge is 0.339 e. The first-order chi connectivity index (χ1) is 12.8. The molecule has 2 aromatic carbocycles. The monoisotopic (exact) mass is 369 g/mol. The molecule has 0 aliphatic heterocycles. The number of carbonyl (C=O) groups is 2. The molecule has 0 aliphatic carbocycles. The lowest BCUT2D eigenvalue weighted by Gasteiger charge is -2.21. The number of esters is 1. The van der Waals surface area contributed by atoms with Gasteiger partial charge in [-0.25, -0.2) is 4.79 Å².